The number of ether oxygens (including phenoxy) is 1. The van der Waals surface area contributed by atoms with Crippen LogP contribution < -0.4 is 10.1 Å². The minimum Gasteiger partial charge on any atom is -0.492 e. The summed E-state index contributed by atoms with van der Waals surface area (Å²) in [4.78, 5) is 33.9. The third-order valence-corrected chi connectivity index (χ3v) is 6.72. The SMILES string of the molecule is CCCCN(CC(=O)N(CCc1c[nH]c2ccccc12)Cc1ccccc1)C(=O)Nc1ccccc1OCC. The molecule has 2 N–H and O–H groups in total. The van der Waals surface area contributed by atoms with Gasteiger partial charge < -0.3 is 24.8 Å². The van der Waals surface area contributed by atoms with Gasteiger partial charge in [0.25, 0.3) is 0 Å². The molecule has 7 nitrogen and oxygen atoms in total. The van der Waals surface area contributed by atoms with Crippen LogP contribution in [0.2, 0.25) is 0 Å². The number of para-hydroxylation sites is 3. The first kappa shape index (κ1) is 27.8. The van der Waals surface area contributed by atoms with Crippen LogP contribution in [0.25, 0.3) is 10.9 Å². The summed E-state index contributed by atoms with van der Waals surface area (Å²) < 4.78 is 5.67. The fourth-order valence-electron chi connectivity index (χ4n) is 4.60. The van der Waals surface area contributed by atoms with Gasteiger partial charge in [0.15, 0.2) is 0 Å². The van der Waals surface area contributed by atoms with Gasteiger partial charge in [0, 0.05) is 36.7 Å². The van der Waals surface area contributed by atoms with E-state index in [1.54, 1.807) is 4.90 Å². The molecule has 0 spiro atoms. The van der Waals surface area contributed by atoms with Gasteiger partial charge in [-0.3, -0.25) is 4.79 Å². The number of hydrogen-bond acceptors (Lipinski definition) is 3. The van der Waals surface area contributed by atoms with E-state index in [4.69, 9.17) is 4.74 Å². The fraction of sp³-hybridized carbons (Fsp3) is 0.312. The number of H-pyrrole nitrogens is 1. The number of benzene rings is 3. The molecular formula is C32H38N4O3. The average molecular weight is 527 g/mol. The first-order chi connectivity index (χ1) is 19.1. The highest BCUT2D eigenvalue weighted by molar-refractivity contribution is 5.93. The lowest BCUT2D eigenvalue weighted by Crippen LogP contribution is -2.45. The lowest BCUT2D eigenvalue weighted by atomic mass is 10.1. The van der Waals surface area contributed by atoms with Crippen molar-refractivity contribution in [3.05, 3.63) is 96.2 Å². The van der Waals surface area contributed by atoms with Crippen molar-refractivity contribution >= 4 is 28.5 Å². The lowest BCUT2D eigenvalue weighted by molar-refractivity contribution is -0.132. The first-order valence-corrected chi connectivity index (χ1v) is 13.7. The number of rotatable bonds is 13. The lowest BCUT2D eigenvalue weighted by Gasteiger charge is -2.28. The van der Waals surface area contributed by atoms with Crippen molar-refractivity contribution in [1.29, 1.82) is 0 Å². The van der Waals surface area contributed by atoms with E-state index in [-0.39, 0.29) is 18.5 Å². The van der Waals surface area contributed by atoms with Gasteiger partial charge in [-0.1, -0.05) is 74.0 Å². The maximum atomic E-state index is 13.7. The van der Waals surface area contributed by atoms with Crippen molar-refractivity contribution in [3.63, 3.8) is 0 Å². The summed E-state index contributed by atoms with van der Waals surface area (Å²) in [6, 6.07) is 25.2. The molecule has 1 aromatic heterocycles. The van der Waals surface area contributed by atoms with Gasteiger partial charge in [-0.25, -0.2) is 4.79 Å². The molecule has 0 fully saturated rings. The van der Waals surface area contributed by atoms with E-state index in [9.17, 15) is 9.59 Å². The molecule has 0 radical (unpaired) electrons. The molecule has 7 heteroatoms. The van der Waals surface area contributed by atoms with Crippen molar-refractivity contribution < 1.29 is 14.3 Å². The standard InChI is InChI=1S/C32H38N4O3/c1-3-5-20-36(32(38)34-29-17-11-12-18-30(29)39-4-2)24-31(37)35(23-25-13-7-6-8-14-25)21-19-26-22-33-28-16-10-9-15-27(26)28/h6-18,22,33H,3-5,19-21,23-24H2,1-2H3,(H,34,38). The van der Waals surface area contributed by atoms with E-state index in [0.717, 1.165) is 23.9 Å². The van der Waals surface area contributed by atoms with E-state index >= 15 is 0 Å². The third kappa shape index (κ3) is 7.63. The zero-order chi connectivity index (χ0) is 27.5. The Hall–Kier alpha value is -4.26. The largest absolute Gasteiger partial charge is 0.492 e. The van der Waals surface area contributed by atoms with Crippen molar-refractivity contribution in [2.75, 3.05) is 31.6 Å². The molecule has 39 heavy (non-hydrogen) atoms. The minimum absolute atomic E-state index is 0.00333. The number of anilines is 1. The summed E-state index contributed by atoms with van der Waals surface area (Å²) in [7, 11) is 0. The van der Waals surface area contributed by atoms with Crippen LogP contribution in [0.3, 0.4) is 0 Å². The number of aromatic nitrogens is 1. The summed E-state index contributed by atoms with van der Waals surface area (Å²) >= 11 is 0. The van der Waals surface area contributed by atoms with Crippen LogP contribution in [-0.2, 0) is 17.8 Å². The second-order valence-electron chi connectivity index (χ2n) is 9.54. The molecule has 0 bridgehead atoms. The highest BCUT2D eigenvalue weighted by atomic mass is 16.5. The predicted octanol–water partition coefficient (Wildman–Crippen LogP) is 6.47. The maximum absolute atomic E-state index is 13.7. The van der Waals surface area contributed by atoms with E-state index in [2.05, 4.69) is 29.4 Å². The second kappa shape index (κ2) is 14.0. The van der Waals surface area contributed by atoms with Gasteiger partial charge in [0.05, 0.1) is 12.3 Å². The predicted molar refractivity (Wildman–Crippen MR) is 157 cm³/mol. The number of nitrogens with one attached hydrogen (secondary N) is 2. The summed E-state index contributed by atoms with van der Waals surface area (Å²) in [6.07, 6.45) is 4.46. The minimum atomic E-state index is -0.305. The molecule has 3 amide bonds. The summed E-state index contributed by atoms with van der Waals surface area (Å²) in [6.45, 7) is 6.00. The summed E-state index contributed by atoms with van der Waals surface area (Å²) in [5, 5.41) is 4.13. The van der Waals surface area contributed by atoms with E-state index in [0.29, 0.717) is 44.1 Å². The molecule has 0 aliphatic heterocycles. The number of amides is 3. The molecule has 3 aromatic carbocycles. The van der Waals surface area contributed by atoms with Crippen LogP contribution in [0.1, 0.15) is 37.8 Å². The highest BCUT2D eigenvalue weighted by Gasteiger charge is 2.22. The Bertz CT molecular complexity index is 1350. The molecular weight excluding hydrogens is 488 g/mol. The molecule has 0 atom stereocenters. The Labute approximate surface area is 230 Å². The Kier molecular flexibility index (Phi) is 10.0. The number of hydrogen-bond donors (Lipinski definition) is 2. The number of carbonyl (C=O) groups excluding carboxylic acids is 2. The molecule has 204 valence electrons. The number of fused-ring (bicyclic) bond motifs is 1. The van der Waals surface area contributed by atoms with Crippen molar-refractivity contribution in [2.45, 2.75) is 39.7 Å². The Balaban J connectivity index is 1.50. The number of nitrogens with zero attached hydrogens (tertiary/aromatic N) is 2. The Morgan fingerprint density at radius 2 is 1.62 bits per heavy atom. The summed E-state index contributed by atoms with van der Waals surface area (Å²) in [5.74, 6) is 0.530. The third-order valence-electron chi connectivity index (χ3n) is 6.72. The number of aromatic amines is 1. The van der Waals surface area contributed by atoms with Gasteiger partial charge in [-0.05, 0) is 49.1 Å². The van der Waals surface area contributed by atoms with Crippen LogP contribution >= 0.6 is 0 Å². The molecule has 0 aliphatic carbocycles. The van der Waals surface area contributed by atoms with Gasteiger partial charge in [-0.15, -0.1) is 0 Å². The van der Waals surface area contributed by atoms with Crippen LogP contribution in [-0.4, -0.2) is 53.0 Å². The van der Waals surface area contributed by atoms with Gasteiger partial charge in [0.1, 0.15) is 12.3 Å². The second-order valence-corrected chi connectivity index (χ2v) is 9.54. The number of unbranched alkanes of at least 4 members (excludes halogenated alkanes) is 1. The molecule has 0 unspecified atom stereocenters. The first-order valence-electron chi connectivity index (χ1n) is 13.7. The molecule has 0 aliphatic rings. The smallest absolute Gasteiger partial charge is 0.322 e. The molecule has 0 saturated heterocycles. The zero-order valence-corrected chi connectivity index (χ0v) is 22.9. The fourth-order valence-corrected chi connectivity index (χ4v) is 4.60. The molecule has 4 aromatic rings. The monoisotopic (exact) mass is 526 g/mol. The van der Waals surface area contributed by atoms with Crippen LogP contribution in [0, 0.1) is 0 Å². The van der Waals surface area contributed by atoms with E-state index in [1.807, 2.05) is 84.8 Å². The van der Waals surface area contributed by atoms with E-state index < -0.39 is 0 Å². The van der Waals surface area contributed by atoms with Gasteiger partial charge in [-0.2, -0.15) is 0 Å². The number of urea groups is 1. The van der Waals surface area contributed by atoms with E-state index in [1.165, 1.54) is 10.9 Å². The van der Waals surface area contributed by atoms with Crippen molar-refractivity contribution in [3.8, 4) is 5.75 Å². The van der Waals surface area contributed by atoms with Crippen LogP contribution in [0.15, 0.2) is 85.1 Å². The van der Waals surface area contributed by atoms with Crippen molar-refractivity contribution in [2.24, 2.45) is 0 Å². The zero-order valence-electron chi connectivity index (χ0n) is 22.9. The van der Waals surface area contributed by atoms with Gasteiger partial charge >= 0.3 is 6.03 Å². The topological polar surface area (TPSA) is 77.7 Å². The highest BCUT2D eigenvalue weighted by Crippen LogP contribution is 2.24. The van der Waals surface area contributed by atoms with Gasteiger partial charge in [0.2, 0.25) is 5.91 Å². The maximum Gasteiger partial charge on any atom is 0.322 e. The normalized spacial score (nSPS) is 10.8. The quantitative estimate of drug-likeness (QED) is 0.210. The summed E-state index contributed by atoms with van der Waals surface area (Å²) in [5.41, 5.74) is 3.91. The average Bonchev–Trinajstić information content (AvgIpc) is 3.38. The molecule has 4 rings (SSSR count). The van der Waals surface area contributed by atoms with Crippen molar-refractivity contribution in [1.82, 2.24) is 14.8 Å². The van der Waals surface area contributed by atoms with Crippen LogP contribution in [0.5, 0.6) is 5.75 Å². The molecule has 0 saturated carbocycles. The van der Waals surface area contributed by atoms with Crippen LogP contribution in [0.4, 0.5) is 10.5 Å². The number of carbonyl (C=O) groups is 2. The molecule has 1 heterocycles. The Morgan fingerprint density at radius 1 is 0.872 bits per heavy atom. The Morgan fingerprint density at radius 3 is 2.41 bits per heavy atom.